The second kappa shape index (κ2) is 7.98. The fraction of sp³-hybridized carbons (Fsp3) is 0.312. The first-order valence-electron chi connectivity index (χ1n) is 7.19. The zero-order chi connectivity index (χ0) is 17.6. The summed E-state index contributed by atoms with van der Waals surface area (Å²) in [6.45, 7) is 1.13. The van der Waals surface area contributed by atoms with Gasteiger partial charge in [0.1, 0.15) is 5.75 Å². The fourth-order valence-corrected chi connectivity index (χ4v) is 2.52. The van der Waals surface area contributed by atoms with Crippen molar-refractivity contribution >= 4 is 16.0 Å². The molecule has 1 heterocycles. The van der Waals surface area contributed by atoms with Gasteiger partial charge in [-0.15, -0.1) is 0 Å². The molecule has 24 heavy (non-hydrogen) atoms. The molecule has 1 aromatic heterocycles. The standard InChI is InChI=1S/C16H19NO6S/c1-21-11-9-17(16(18)15-4-3-10-22-15)12-13-5-7-14(8-6-13)23-24(2,19)20/h3-8,10H,9,11-12H2,1-2H3. The van der Waals surface area contributed by atoms with Crippen LogP contribution in [0.3, 0.4) is 0 Å². The van der Waals surface area contributed by atoms with Crippen molar-refractivity contribution in [2.24, 2.45) is 0 Å². The monoisotopic (exact) mass is 353 g/mol. The number of hydrogen-bond acceptors (Lipinski definition) is 6. The minimum atomic E-state index is -3.56. The van der Waals surface area contributed by atoms with Gasteiger partial charge in [0.2, 0.25) is 0 Å². The number of hydrogen-bond donors (Lipinski definition) is 0. The van der Waals surface area contributed by atoms with E-state index in [1.54, 1.807) is 48.4 Å². The Labute approximate surface area is 140 Å². The van der Waals surface area contributed by atoms with Crippen LogP contribution in [0.4, 0.5) is 0 Å². The van der Waals surface area contributed by atoms with Crippen molar-refractivity contribution in [1.29, 1.82) is 0 Å². The largest absolute Gasteiger partial charge is 0.459 e. The topological polar surface area (TPSA) is 86.0 Å². The van der Waals surface area contributed by atoms with Crippen LogP contribution < -0.4 is 4.18 Å². The van der Waals surface area contributed by atoms with Crippen molar-refractivity contribution < 1.29 is 26.5 Å². The molecule has 0 radical (unpaired) electrons. The number of benzene rings is 1. The number of methoxy groups -OCH3 is 1. The van der Waals surface area contributed by atoms with Crippen LogP contribution in [0.15, 0.2) is 47.1 Å². The first kappa shape index (κ1) is 18.0. The molecule has 0 unspecified atom stereocenters. The Hall–Kier alpha value is -2.32. The summed E-state index contributed by atoms with van der Waals surface area (Å²) in [5.74, 6) is 0.235. The van der Waals surface area contributed by atoms with Crippen LogP contribution in [0, 0.1) is 0 Å². The summed E-state index contributed by atoms with van der Waals surface area (Å²) in [4.78, 5) is 14.0. The number of rotatable bonds is 8. The third-order valence-electron chi connectivity index (χ3n) is 3.13. The molecule has 0 aliphatic heterocycles. The summed E-state index contributed by atoms with van der Waals surface area (Å²) in [6, 6.07) is 9.75. The Bertz CT molecular complexity index is 752. The Morgan fingerprint density at radius 3 is 2.46 bits per heavy atom. The van der Waals surface area contributed by atoms with E-state index in [1.807, 2.05) is 0 Å². The summed E-state index contributed by atoms with van der Waals surface area (Å²) in [5.41, 5.74) is 0.826. The van der Waals surface area contributed by atoms with E-state index in [-0.39, 0.29) is 17.4 Å². The molecule has 2 aromatic rings. The van der Waals surface area contributed by atoms with Crippen LogP contribution in [-0.4, -0.2) is 45.7 Å². The van der Waals surface area contributed by atoms with E-state index in [9.17, 15) is 13.2 Å². The average molecular weight is 353 g/mol. The molecule has 0 N–H and O–H groups in total. The number of furan rings is 1. The molecule has 0 aliphatic carbocycles. The van der Waals surface area contributed by atoms with E-state index in [1.165, 1.54) is 6.26 Å². The molecular formula is C16H19NO6S. The quantitative estimate of drug-likeness (QED) is 0.674. The predicted molar refractivity (Wildman–Crippen MR) is 87.2 cm³/mol. The lowest BCUT2D eigenvalue weighted by Crippen LogP contribution is -2.33. The SMILES string of the molecule is COCCN(Cc1ccc(OS(C)(=O)=O)cc1)C(=O)c1ccco1. The van der Waals surface area contributed by atoms with Gasteiger partial charge in [-0.2, -0.15) is 8.42 Å². The highest BCUT2D eigenvalue weighted by atomic mass is 32.2. The molecule has 0 saturated carbocycles. The van der Waals surface area contributed by atoms with Gasteiger partial charge in [-0.3, -0.25) is 4.79 Å². The normalized spacial score (nSPS) is 11.2. The van der Waals surface area contributed by atoms with Gasteiger partial charge in [-0.1, -0.05) is 12.1 Å². The Balaban J connectivity index is 2.09. The molecule has 2 rings (SSSR count). The lowest BCUT2D eigenvalue weighted by Gasteiger charge is -2.21. The van der Waals surface area contributed by atoms with E-state index < -0.39 is 10.1 Å². The molecule has 0 fully saturated rings. The highest BCUT2D eigenvalue weighted by Gasteiger charge is 2.18. The van der Waals surface area contributed by atoms with Crippen LogP contribution >= 0.6 is 0 Å². The molecule has 1 amide bonds. The Morgan fingerprint density at radius 2 is 1.92 bits per heavy atom. The lowest BCUT2D eigenvalue weighted by atomic mass is 10.2. The summed E-state index contributed by atoms with van der Waals surface area (Å²) in [6.07, 6.45) is 2.43. The third-order valence-corrected chi connectivity index (χ3v) is 3.62. The van der Waals surface area contributed by atoms with Crippen molar-refractivity contribution in [3.63, 3.8) is 0 Å². The zero-order valence-electron chi connectivity index (χ0n) is 13.5. The Morgan fingerprint density at radius 1 is 1.21 bits per heavy atom. The minimum Gasteiger partial charge on any atom is -0.459 e. The molecule has 0 aliphatic rings. The first-order valence-corrected chi connectivity index (χ1v) is 9.01. The van der Waals surface area contributed by atoms with E-state index in [0.717, 1.165) is 11.8 Å². The van der Waals surface area contributed by atoms with Crippen molar-refractivity contribution in [3.8, 4) is 5.75 Å². The maximum atomic E-state index is 12.4. The van der Waals surface area contributed by atoms with Gasteiger partial charge < -0.3 is 18.2 Å². The maximum absolute atomic E-state index is 12.4. The predicted octanol–water partition coefficient (Wildman–Crippen LogP) is 1.91. The van der Waals surface area contributed by atoms with E-state index in [0.29, 0.717) is 19.7 Å². The number of amides is 1. The smallest absolute Gasteiger partial charge is 0.306 e. The summed E-state index contributed by atoms with van der Waals surface area (Å²) >= 11 is 0. The van der Waals surface area contributed by atoms with E-state index in [2.05, 4.69) is 0 Å². The summed E-state index contributed by atoms with van der Waals surface area (Å²) in [7, 11) is -2.00. The molecule has 130 valence electrons. The number of ether oxygens (including phenoxy) is 1. The van der Waals surface area contributed by atoms with Crippen LogP contribution in [0.25, 0.3) is 0 Å². The molecule has 0 spiro atoms. The van der Waals surface area contributed by atoms with Gasteiger partial charge in [0.05, 0.1) is 19.1 Å². The molecular weight excluding hydrogens is 334 g/mol. The van der Waals surface area contributed by atoms with Gasteiger partial charge in [0, 0.05) is 20.2 Å². The van der Waals surface area contributed by atoms with Crippen LogP contribution in [-0.2, 0) is 21.4 Å². The highest BCUT2D eigenvalue weighted by Crippen LogP contribution is 2.16. The molecule has 7 nitrogen and oxygen atoms in total. The molecule has 1 aromatic carbocycles. The molecule has 0 bridgehead atoms. The summed E-state index contributed by atoms with van der Waals surface area (Å²) in [5, 5.41) is 0. The highest BCUT2D eigenvalue weighted by molar-refractivity contribution is 7.86. The van der Waals surface area contributed by atoms with E-state index in [4.69, 9.17) is 13.3 Å². The molecule has 0 atom stereocenters. The number of carbonyl (C=O) groups excluding carboxylic acids is 1. The number of nitrogens with zero attached hydrogens (tertiary/aromatic N) is 1. The average Bonchev–Trinajstić information content (AvgIpc) is 3.05. The molecule has 0 saturated heterocycles. The third kappa shape index (κ3) is 5.39. The summed E-state index contributed by atoms with van der Waals surface area (Å²) < 4.78 is 37.2. The van der Waals surface area contributed by atoms with Crippen LogP contribution in [0.2, 0.25) is 0 Å². The van der Waals surface area contributed by atoms with Gasteiger partial charge >= 0.3 is 10.1 Å². The van der Waals surface area contributed by atoms with Gasteiger partial charge in [0.15, 0.2) is 5.76 Å². The van der Waals surface area contributed by atoms with Crippen molar-refractivity contribution in [3.05, 3.63) is 54.0 Å². The van der Waals surface area contributed by atoms with Crippen molar-refractivity contribution in [2.75, 3.05) is 26.5 Å². The second-order valence-corrected chi connectivity index (χ2v) is 6.70. The second-order valence-electron chi connectivity index (χ2n) is 5.13. The van der Waals surface area contributed by atoms with Crippen LogP contribution in [0.1, 0.15) is 16.1 Å². The lowest BCUT2D eigenvalue weighted by molar-refractivity contribution is 0.0649. The fourth-order valence-electron chi connectivity index (χ4n) is 2.06. The number of carbonyl (C=O) groups is 1. The van der Waals surface area contributed by atoms with Crippen molar-refractivity contribution in [2.45, 2.75) is 6.54 Å². The molecule has 8 heteroatoms. The Kier molecular flexibility index (Phi) is 5.99. The van der Waals surface area contributed by atoms with Gasteiger partial charge in [0.25, 0.3) is 5.91 Å². The maximum Gasteiger partial charge on any atom is 0.306 e. The van der Waals surface area contributed by atoms with Gasteiger partial charge in [-0.25, -0.2) is 0 Å². The van der Waals surface area contributed by atoms with E-state index >= 15 is 0 Å². The van der Waals surface area contributed by atoms with Gasteiger partial charge in [-0.05, 0) is 29.8 Å². The zero-order valence-corrected chi connectivity index (χ0v) is 14.3. The minimum absolute atomic E-state index is 0.224. The van der Waals surface area contributed by atoms with Crippen molar-refractivity contribution in [1.82, 2.24) is 4.90 Å². The first-order chi connectivity index (χ1) is 11.4. The van der Waals surface area contributed by atoms with Crippen LogP contribution in [0.5, 0.6) is 5.75 Å².